The zero-order chi connectivity index (χ0) is 21.8. The highest BCUT2D eigenvalue weighted by Gasteiger charge is 2.25. The number of hydrogen-bond donors (Lipinski definition) is 1. The first-order valence-corrected chi connectivity index (χ1v) is 12.1. The lowest BCUT2D eigenvalue weighted by Crippen LogP contribution is -2.48. The van der Waals surface area contributed by atoms with Crippen LogP contribution in [0.3, 0.4) is 0 Å². The summed E-state index contributed by atoms with van der Waals surface area (Å²) >= 11 is 0. The van der Waals surface area contributed by atoms with E-state index in [0.29, 0.717) is 68.7 Å². The fraction of sp³-hybridized carbons (Fsp3) is 0.409. The Morgan fingerprint density at radius 1 is 1.00 bits per heavy atom. The number of nitrogens with zero attached hydrogens (tertiary/aromatic N) is 2. The molecule has 0 bridgehead atoms. The summed E-state index contributed by atoms with van der Waals surface area (Å²) in [4.78, 5) is 15.0. The molecule has 0 unspecified atom stereocenters. The van der Waals surface area contributed by atoms with Gasteiger partial charge in [0.2, 0.25) is 10.0 Å². The predicted molar refractivity (Wildman–Crippen MR) is 118 cm³/mol. The molecular weight excluding hydrogens is 418 g/mol. The van der Waals surface area contributed by atoms with Crippen molar-refractivity contribution in [1.82, 2.24) is 9.21 Å². The molecule has 2 aliphatic heterocycles. The van der Waals surface area contributed by atoms with Crippen molar-refractivity contribution >= 4 is 21.6 Å². The van der Waals surface area contributed by atoms with E-state index in [1.54, 1.807) is 35.5 Å². The summed E-state index contributed by atoms with van der Waals surface area (Å²) in [5, 5.41) is 2.91. The average Bonchev–Trinajstić information content (AvgIpc) is 2.79. The van der Waals surface area contributed by atoms with Crippen LogP contribution in [0, 0.1) is 0 Å². The first-order chi connectivity index (χ1) is 14.9. The van der Waals surface area contributed by atoms with Gasteiger partial charge in [0.05, 0.1) is 5.75 Å². The van der Waals surface area contributed by atoms with Gasteiger partial charge >= 0.3 is 0 Å². The van der Waals surface area contributed by atoms with E-state index in [9.17, 15) is 13.2 Å². The van der Waals surface area contributed by atoms with Crippen LogP contribution in [0.2, 0.25) is 0 Å². The molecule has 2 aliphatic rings. The van der Waals surface area contributed by atoms with Crippen molar-refractivity contribution < 1.29 is 22.7 Å². The normalized spacial score (nSPS) is 17.3. The molecule has 1 saturated heterocycles. The minimum absolute atomic E-state index is 0.132. The summed E-state index contributed by atoms with van der Waals surface area (Å²) in [7, 11) is -3.13. The van der Waals surface area contributed by atoms with Crippen LogP contribution in [0.25, 0.3) is 0 Å². The molecule has 0 atom stereocenters. The van der Waals surface area contributed by atoms with E-state index in [-0.39, 0.29) is 11.7 Å². The number of carbonyl (C=O) groups is 1. The standard InChI is InChI=1S/C22H27N3O5S/c1-2-31(27,28)25-10-8-24(9-11-25)16-17-4-3-5-18(14-17)22(26)23-19-6-7-20-21(15-19)30-13-12-29-20/h3-7,14-15H,2,8-13,16H2,1H3,(H,23,26). The van der Waals surface area contributed by atoms with Gasteiger partial charge in [-0.1, -0.05) is 12.1 Å². The summed E-state index contributed by atoms with van der Waals surface area (Å²) in [6.45, 7) is 5.70. The second-order valence-corrected chi connectivity index (χ2v) is 9.85. The van der Waals surface area contributed by atoms with Crippen LogP contribution in [-0.4, -0.2) is 68.7 Å². The Balaban J connectivity index is 1.37. The van der Waals surface area contributed by atoms with Gasteiger partial charge in [0.15, 0.2) is 11.5 Å². The number of sulfonamides is 1. The molecule has 0 radical (unpaired) electrons. The molecule has 2 aromatic carbocycles. The second-order valence-electron chi connectivity index (χ2n) is 7.59. The fourth-order valence-corrected chi connectivity index (χ4v) is 4.83. The minimum Gasteiger partial charge on any atom is -0.486 e. The van der Waals surface area contributed by atoms with E-state index in [2.05, 4.69) is 10.2 Å². The maximum absolute atomic E-state index is 12.7. The Morgan fingerprint density at radius 2 is 1.74 bits per heavy atom. The van der Waals surface area contributed by atoms with Gasteiger partial charge < -0.3 is 14.8 Å². The van der Waals surface area contributed by atoms with E-state index >= 15 is 0 Å². The summed E-state index contributed by atoms with van der Waals surface area (Å²) < 4.78 is 36.7. The summed E-state index contributed by atoms with van der Waals surface area (Å²) in [5.74, 6) is 1.24. The number of ether oxygens (including phenoxy) is 2. The first kappa shape index (κ1) is 21.6. The molecule has 8 nitrogen and oxygen atoms in total. The Morgan fingerprint density at radius 3 is 2.48 bits per heavy atom. The molecule has 2 aromatic rings. The third-order valence-electron chi connectivity index (χ3n) is 5.48. The van der Waals surface area contributed by atoms with Crippen molar-refractivity contribution in [3.8, 4) is 11.5 Å². The summed E-state index contributed by atoms with van der Waals surface area (Å²) in [5.41, 5.74) is 2.23. The Hall–Kier alpha value is -2.62. The predicted octanol–water partition coefficient (Wildman–Crippen LogP) is 2.18. The van der Waals surface area contributed by atoms with Gasteiger partial charge in [0.1, 0.15) is 13.2 Å². The smallest absolute Gasteiger partial charge is 0.255 e. The Kier molecular flexibility index (Phi) is 6.45. The van der Waals surface area contributed by atoms with Gasteiger partial charge in [-0.3, -0.25) is 9.69 Å². The number of rotatable bonds is 6. The highest BCUT2D eigenvalue weighted by Crippen LogP contribution is 2.32. The van der Waals surface area contributed by atoms with Gasteiger partial charge in [-0.2, -0.15) is 4.31 Å². The fourth-order valence-electron chi connectivity index (χ4n) is 3.74. The van der Waals surface area contributed by atoms with Gasteiger partial charge in [0.25, 0.3) is 5.91 Å². The van der Waals surface area contributed by atoms with Crippen molar-refractivity contribution in [3.05, 3.63) is 53.6 Å². The van der Waals surface area contributed by atoms with Gasteiger partial charge in [-0.15, -0.1) is 0 Å². The van der Waals surface area contributed by atoms with E-state index < -0.39 is 10.0 Å². The molecule has 9 heteroatoms. The lowest BCUT2D eigenvalue weighted by Gasteiger charge is -2.33. The molecule has 1 N–H and O–H groups in total. The molecule has 0 aliphatic carbocycles. The topological polar surface area (TPSA) is 88.2 Å². The van der Waals surface area contributed by atoms with Crippen molar-refractivity contribution in [1.29, 1.82) is 0 Å². The number of amides is 1. The van der Waals surface area contributed by atoms with Crippen LogP contribution in [-0.2, 0) is 16.6 Å². The largest absolute Gasteiger partial charge is 0.486 e. The molecule has 2 heterocycles. The maximum atomic E-state index is 12.7. The zero-order valence-electron chi connectivity index (χ0n) is 17.5. The number of piperazine rings is 1. The highest BCUT2D eigenvalue weighted by molar-refractivity contribution is 7.89. The van der Waals surface area contributed by atoms with Crippen molar-refractivity contribution in [2.45, 2.75) is 13.5 Å². The van der Waals surface area contributed by atoms with E-state index in [4.69, 9.17) is 9.47 Å². The van der Waals surface area contributed by atoms with Gasteiger partial charge in [-0.25, -0.2) is 8.42 Å². The quantitative estimate of drug-likeness (QED) is 0.733. The molecule has 0 spiro atoms. The van der Waals surface area contributed by atoms with Crippen molar-refractivity contribution in [2.24, 2.45) is 0 Å². The highest BCUT2D eigenvalue weighted by atomic mass is 32.2. The van der Waals surface area contributed by atoms with E-state index in [0.717, 1.165) is 5.56 Å². The molecule has 4 rings (SSSR count). The number of nitrogens with one attached hydrogen (secondary N) is 1. The monoisotopic (exact) mass is 445 g/mol. The Labute approximate surface area is 182 Å². The third-order valence-corrected chi connectivity index (χ3v) is 7.37. The average molecular weight is 446 g/mol. The number of benzene rings is 2. The van der Waals surface area contributed by atoms with E-state index in [1.165, 1.54) is 0 Å². The van der Waals surface area contributed by atoms with Crippen molar-refractivity contribution in [3.63, 3.8) is 0 Å². The molecule has 166 valence electrons. The number of fused-ring (bicyclic) bond motifs is 1. The molecular formula is C22H27N3O5S. The summed E-state index contributed by atoms with van der Waals surface area (Å²) in [6.07, 6.45) is 0. The van der Waals surface area contributed by atoms with Crippen molar-refractivity contribution in [2.75, 3.05) is 50.5 Å². The molecule has 31 heavy (non-hydrogen) atoms. The molecule has 1 amide bonds. The zero-order valence-corrected chi connectivity index (χ0v) is 18.4. The molecule has 0 saturated carbocycles. The third kappa shape index (κ3) is 5.17. The maximum Gasteiger partial charge on any atom is 0.255 e. The van der Waals surface area contributed by atoms with Crippen LogP contribution >= 0.6 is 0 Å². The second kappa shape index (κ2) is 9.25. The molecule has 1 fully saturated rings. The number of anilines is 1. The van der Waals surface area contributed by atoms with Crippen LogP contribution in [0.1, 0.15) is 22.8 Å². The summed E-state index contributed by atoms with van der Waals surface area (Å²) in [6, 6.07) is 12.9. The molecule has 0 aromatic heterocycles. The number of carbonyl (C=O) groups excluding carboxylic acids is 1. The lowest BCUT2D eigenvalue weighted by atomic mass is 10.1. The SMILES string of the molecule is CCS(=O)(=O)N1CCN(Cc2cccc(C(=O)Nc3ccc4c(c3)OCCO4)c2)CC1. The minimum atomic E-state index is -3.13. The van der Waals surface area contributed by atoms with Crippen LogP contribution in [0.15, 0.2) is 42.5 Å². The first-order valence-electron chi connectivity index (χ1n) is 10.4. The lowest BCUT2D eigenvalue weighted by molar-refractivity contribution is 0.102. The Bertz CT molecular complexity index is 1050. The van der Waals surface area contributed by atoms with Crippen LogP contribution < -0.4 is 14.8 Å². The van der Waals surface area contributed by atoms with Crippen LogP contribution in [0.4, 0.5) is 5.69 Å². The van der Waals surface area contributed by atoms with Crippen LogP contribution in [0.5, 0.6) is 11.5 Å². The van der Waals surface area contributed by atoms with E-state index in [1.807, 2.05) is 18.2 Å². The van der Waals surface area contributed by atoms with Gasteiger partial charge in [0, 0.05) is 50.0 Å². The van der Waals surface area contributed by atoms with Gasteiger partial charge in [-0.05, 0) is 36.8 Å². The number of hydrogen-bond acceptors (Lipinski definition) is 6.